The molecule has 20 heavy (non-hydrogen) atoms. The number of benzene rings is 1. The van der Waals surface area contributed by atoms with E-state index in [-0.39, 0.29) is 10.2 Å². The Labute approximate surface area is 126 Å². The Morgan fingerprint density at radius 2 is 1.70 bits per heavy atom. The molecule has 0 saturated heterocycles. The van der Waals surface area contributed by atoms with Gasteiger partial charge in [-0.15, -0.1) is 0 Å². The summed E-state index contributed by atoms with van der Waals surface area (Å²) in [6, 6.07) is 8.30. The highest BCUT2D eigenvalue weighted by Gasteiger charge is 2.36. The van der Waals surface area contributed by atoms with E-state index in [2.05, 4.69) is 36.4 Å². The zero-order valence-electron chi connectivity index (χ0n) is 13.8. The maximum absolute atomic E-state index is 12.2. The smallest absolute Gasteiger partial charge is 0.145 e. The topological polar surface area (TPSA) is 29.4 Å². The quantitative estimate of drug-likeness (QED) is 0.747. The fourth-order valence-electron chi connectivity index (χ4n) is 2.22. The van der Waals surface area contributed by atoms with E-state index < -0.39 is 11.0 Å². The highest BCUT2D eigenvalue weighted by molar-refractivity contribution is 7.85. The lowest BCUT2D eigenvalue weighted by molar-refractivity contribution is 0.541. The molecule has 1 aromatic carbocycles. The third-order valence-corrected chi connectivity index (χ3v) is 4.64. The summed E-state index contributed by atoms with van der Waals surface area (Å²) in [6.07, 6.45) is 0.976. The predicted molar refractivity (Wildman–Crippen MR) is 89.7 cm³/mol. The van der Waals surface area contributed by atoms with Crippen LogP contribution in [0, 0.1) is 5.41 Å². The van der Waals surface area contributed by atoms with Crippen molar-refractivity contribution in [3.8, 4) is 0 Å². The Kier molecular flexibility index (Phi) is 5.31. The third-order valence-electron chi connectivity index (χ3n) is 3.24. The summed E-state index contributed by atoms with van der Waals surface area (Å²) >= 11 is 0. The van der Waals surface area contributed by atoms with Crippen molar-refractivity contribution in [2.75, 3.05) is 0 Å². The molecule has 1 aliphatic rings. The molecule has 0 amide bonds. The van der Waals surface area contributed by atoms with Gasteiger partial charge >= 0.3 is 0 Å². The second kappa shape index (κ2) is 6.21. The number of hydrogen-bond acceptors (Lipinski definition) is 1. The molecule has 1 aromatic rings. The molecule has 1 atom stereocenters. The van der Waals surface area contributed by atoms with Gasteiger partial charge in [-0.2, -0.15) is 4.40 Å². The summed E-state index contributed by atoms with van der Waals surface area (Å²) < 4.78 is 16.5. The molecule has 0 saturated carbocycles. The van der Waals surface area contributed by atoms with E-state index in [1.54, 1.807) is 0 Å². The van der Waals surface area contributed by atoms with Gasteiger partial charge in [0.2, 0.25) is 0 Å². The van der Waals surface area contributed by atoms with Crippen molar-refractivity contribution in [2.24, 2.45) is 9.81 Å². The van der Waals surface area contributed by atoms with Crippen LogP contribution in [0.15, 0.2) is 28.7 Å². The largest absolute Gasteiger partial charge is 0.234 e. The van der Waals surface area contributed by atoms with Crippen LogP contribution in [-0.4, -0.2) is 14.7 Å². The average Bonchev–Trinajstić information content (AvgIpc) is 2.62. The van der Waals surface area contributed by atoms with Gasteiger partial charge in [0, 0.05) is 11.0 Å². The van der Waals surface area contributed by atoms with E-state index in [0.717, 1.165) is 12.1 Å². The van der Waals surface area contributed by atoms with Gasteiger partial charge in [0.1, 0.15) is 11.0 Å². The molecule has 0 N–H and O–H groups in total. The van der Waals surface area contributed by atoms with E-state index >= 15 is 0 Å². The zero-order valence-corrected chi connectivity index (χ0v) is 14.6. The highest BCUT2D eigenvalue weighted by Crippen LogP contribution is 2.37. The van der Waals surface area contributed by atoms with Crippen molar-refractivity contribution in [1.82, 2.24) is 0 Å². The fraction of sp³-hybridized carbons (Fsp3) is 0.588. The van der Waals surface area contributed by atoms with E-state index in [0.29, 0.717) is 0 Å². The normalized spacial score (nSPS) is 20.1. The van der Waals surface area contributed by atoms with Crippen LogP contribution in [-0.2, 0) is 17.4 Å². The Hall–Kier alpha value is -0.960. The van der Waals surface area contributed by atoms with Gasteiger partial charge in [0.15, 0.2) is 0 Å². The maximum atomic E-state index is 12.2. The lowest BCUT2D eigenvalue weighted by atomic mass is 9.88. The van der Waals surface area contributed by atoms with Crippen molar-refractivity contribution in [2.45, 2.75) is 59.6 Å². The van der Waals surface area contributed by atoms with Gasteiger partial charge in [0.05, 0.1) is 10.5 Å². The van der Waals surface area contributed by atoms with Gasteiger partial charge in [0.25, 0.3) is 0 Å². The van der Waals surface area contributed by atoms with E-state index in [1.807, 2.05) is 40.7 Å². The number of hydrogen-bond donors (Lipinski definition) is 0. The average molecular weight is 293 g/mol. The second-order valence-electron chi connectivity index (χ2n) is 6.52. The first-order chi connectivity index (χ1) is 9.22. The molecule has 0 fully saturated rings. The monoisotopic (exact) mass is 293 g/mol. The minimum atomic E-state index is -1.19. The SMILES string of the molecule is CC.CC1(C)Cc2ccccc2C1=NS(=O)C(C)(C)C. The van der Waals surface area contributed by atoms with Gasteiger partial charge < -0.3 is 0 Å². The van der Waals surface area contributed by atoms with Crippen molar-refractivity contribution in [3.05, 3.63) is 35.4 Å². The Morgan fingerprint density at radius 3 is 2.25 bits per heavy atom. The van der Waals surface area contributed by atoms with Crippen LogP contribution < -0.4 is 0 Å². The fourth-order valence-corrected chi connectivity index (χ4v) is 3.01. The minimum Gasteiger partial charge on any atom is -0.234 e. The van der Waals surface area contributed by atoms with Crippen molar-refractivity contribution < 1.29 is 4.21 Å². The van der Waals surface area contributed by atoms with Gasteiger partial charge in [-0.25, -0.2) is 4.21 Å². The molecule has 3 heteroatoms. The maximum Gasteiger partial charge on any atom is 0.145 e. The summed E-state index contributed by atoms with van der Waals surface area (Å²) in [7, 11) is -1.19. The number of fused-ring (bicyclic) bond motifs is 1. The first-order valence-electron chi connectivity index (χ1n) is 7.31. The summed E-state index contributed by atoms with van der Waals surface area (Å²) in [5, 5.41) is 0. The molecule has 1 aliphatic carbocycles. The standard InChI is InChI=1S/C15H21NOS.C2H6/c1-14(2,3)18(17)16-13-12-9-7-6-8-11(12)10-15(13,4)5;1-2/h6-9H,10H2,1-5H3;1-2H3. The van der Waals surface area contributed by atoms with E-state index in [4.69, 9.17) is 0 Å². The predicted octanol–water partition coefficient (Wildman–Crippen LogP) is 4.55. The molecule has 2 nitrogen and oxygen atoms in total. The molecule has 0 aromatic heterocycles. The summed E-state index contributed by atoms with van der Waals surface area (Å²) in [5.41, 5.74) is 3.45. The molecule has 112 valence electrons. The van der Waals surface area contributed by atoms with Crippen LogP contribution in [0.1, 0.15) is 59.6 Å². The molecular weight excluding hydrogens is 266 g/mol. The van der Waals surface area contributed by atoms with Gasteiger partial charge in [-0.1, -0.05) is 52.0 Å². The zero-order chi connectivity index (χ0) is 15.6. The lowest BCUT2D eigenvalue weighted by Gasteiger charge is -2.21. The molecule has 2 rings (SSSR count). The van der Waals surface area contributed by atoms with Crippen LogP contribution in [0.4, 0.5) is 0 Å². The Balaban J connectivity index is 0.000000956. The molecule has 0 radical (unpaired) electrons. The third kappa shape index (κ3) is 3.57. The molecule has 0 heterocycles. The van der Waals surface area contributed by atoms with Gasteiger partial charge in [-0.05, 0) is 32.8 Å². The van der Waals surface area contributed by atoms with Crippen LogP contribution in [0.3, 0.4) is 0 Å². The van der Waals surface area contributed by atoms with Crippen LogP contribution in [0.5, 0.6) is 0 Å². The molecule has 0 spiro atoms. The Bertz CT molecular complexity index is 524. The highest BCUT2D eigenvalue weighted by atomic mass is 32.2. The Morgan fingerprint density at radius 1 is 1.15 bits per heavy atom. The molecule has 1 unspecified atom stereocenters. The number of rotatable bonds is 1. The van der Waals surface area contributed by atoms with Crippen LogP contribution in [0.25, 0.3) is 0 Å². The minimum absolute atomic E-state index is 0.0232. The van der Waals surface area contributed by atoms with Crippen molar-refractivity contribution in [1.29, 1.82) is 0 Å². The summed E-state index contributed by atoms with van der Waals surface area (Å²) in [4.78, 5) is 0. The van der Waals surface area contributed by atoms with Gasteiger partial charge in [-0.3, -0.25) is 0 Å². The molecule has 0 bridgehead atoms. The first-order valence-corrected chi connectivity index (χ1v) is 8.42. The van der Waals surface area contributed by atoms with Crippen molar-refractivity contribution >= 4 is 16.7 Å². The van der Waals surface area contributed by atoms with E-state index in [1.165, 1.54) is 11.1 Å². The molecule has 0 aliphatic heterocycles. The van der Waals surface area contributed by atoms with Crippen LogP contribution >= 0.6 is 0 Å². The van der Waals surface area contributed by atoms with Crippen molar-refractivity contribution in [3.63, 3.8) is 0 Å². The second-order valence-corrected chi connectivity index (χ2v) is 8.42. The summed E-state index contributed by atoms with van der Waals surface area (Å²) in [5.74, 6) is 0. The number of nitrogens with zero attached hydrogens (tertiary/aromatic N) is 1. The first kappa shape index (κ1) is 17.1. The van der Waals surface area contributed by atoms with Crippen LogP contribution in [0.2, 0.25) is 0 Å². The molecular formula is C17H27NOS. The lowest BCUT2D eigenvalue weighted by Crippen LogP contribution is -2.25. The summed E-state index contributed by atoms with van der Waals surface area (Å²) in [6.45, 7) is 14.2. The van der Waals surface area contributed by atoms with E-state index in [9.17, 15) is 4.21 Å².